The maximum absolute atomic E-state index is 2.77. The van der Waals surface area contributed by atoms with Crippen molar-refractivity contribution in [1.29, 1.82) is 0 Å². The molecule has 0 bridgehead atoms. The zero-order chi connectivity index (χ0) is 16.9. The summed E-state index contributed by atoms with van der Waals surface area (Å²) in [6, 6.07) is 7.37. The minimum Gasteiger partial charge on any atom is -0.300 e. The van der Waals surface area contributed by atoms with Crippen LogP contribution in [0.4, 0.5) is 0 Å². The SMILES string of the molecule is CCCCN(CCCC)C(CC)CCCc1cccc[n+]1CC. The first-order chi connectivity index (χ1) is 11.3. The molecule has 2 nitrogen and oxygen atoms in total. The molecule has 0 aliphatic heterocycles. The highest BCUT2D eigenvalue weighted by molar-refractivity contribution is 4.97. The summed E-state index contributed by atoms with van der Waals surface area (Å²) in [7, 11) is 0. The van der Waals surface area contributed by atoms with Crippen molar-refractivity contribution in [3.05, 3.63) is 30.1 Å². The predicted molar refractivity (Wildman–Crippen MR) is 101 cm³/mol. The molecule has 1 heterocycles. The van der Waals surface area contributed by atoms with Gasteiger partial charge in [0.15, 0.2) is 11.9 Å². The highest BCUT2D eigenvalue weighted by Crippen LogP contribution is 2.15. The van der Waals surface area contributed by atoms with E-state index in [9.17, 15) is 0 Å². The Labute approximate surface area is 144 Å². The van der Waals surface area contributed by atoms with Gasteiger partial charge in [0.25, 0.3) is 0 Å². The third-order valence-corrected chi connectivity index (χ3v) is 4.93. The number of aromatic nitrogens is 1. The van der Waals surface area contributed by atoms with Crippen molar-refractivity contribution >= 4 is 0 Å². The van der Waals surface area contributed by atoms with Crippen molar-refractivity contribution in [2.24, 2.45) is 0 Å². The van der Waals surface area contributed by atoms with Gasteiger partial charge >= 0.3 is 0 Å². The minimum absolute atomic E-state index is 0.770. The van der Waals surface area contributed by atoms with Gasteiger partial charge in [-0.15, -0.1) is 0 Å². The molecule has 23 heavy (non-hydrogen) atoms. The van der Waals surface area contributed by atoms with Crippen LogP contribution in [0.15, 0.2) is 24.4 Å². The number of pyridine rings is 1. The Bertz CT molecular complexity index is 395. The molecule has 0 amide bonds. The summed E-state index contributed by atoms with van der Waals surface area (Å²) in [6.07, 6.45) is 12.6. The van der Waals surface area contributed by atoms with E-state index in [1.54, 1.807) is 0 Å². The Balaban J connectivity index is 2.52. The van der Waals surface area contributed by atoms with Crippen LogP contribution >= 0.6 is 0 Å². The molecule has 0 aliphatic carbocycles. The number of aryl methyl sites for hydroxylation is 2. The van der Waals surface area contributed by atoms with Crippen molar-refractivity contribution in [2.45, 2.75) is 91.6 Å². The van der Waals surface area contributed by atoms with E-state index in [-0.39, 0.29) is 0 Å². The van der Waals surface area contributed by atoms with Crippen molar-refractivity contribution < 1.29 is 4.57 Å². The third-order valence-electron chi connectivity index (χ3n) is 4.93. The first kappa shape index (κ1) is 20.2. The van der Waals surface area contributed by atoms with Gasteiger partial charge in [0, 0.05) is 24.6 Å². The largest absolute Gasteiger partial charge is 0.300 e. The summed E-state index contributed by atoms with van der Waals surface area (Å²) >= 11 is 0. The monoisotopic (exact) mass is 319 g/mol. The Morgan fingerprint density at radius 1 is 0.957 bits per heavy atom. The molecule has 1 atom stereocenters. The lowest BCUT2D eigenvalue weighted by molar-refractivity contribution is -0.700. The van der Waals surface area contributed by atoms with Gasteiger partial charge in [-0.05, 0) is 52.1 Å². The van der Waals surface area contributed by atoms with Crippen LogP contribution < -0.4 is 4.57 Å². The van der Waals surface area contributed by atoms with Crippen LogP contribution in [0.5, 0.6) is 0 Å². The van der Waals surface area contributed by atoms with Crippen molar-refractivity contribution in [1.82, 2.24) is 4.90 Å². The van der Waals surface area contributed by atoms with Gasteiger partial charge < -0.3 is 4.90 Å². The first-order valence-corrected chi connectivity index (χ1v) is 9.98. The van der Waals surface area contributed by atoms with Crippen LogP contribution in [0.3, 0.4) is 0 Å². The average molecular weight is 320 g/mol. The predicted octanol–water partition coefficient (Wildman–Crippen LogP) is 5.00. The third kappa shape index (κ3) is 7.48. The van der Waals surface area contributed by atoms with E-state index in [4.69, 9.17) is 0 Å². The molecule has 132 valence electrons. The van der Waals surface area contributed by atoms with Gasteiger partial charge in [0.05, 0.1) is 0 Å². The van der Waals surface area contributed by atoms with Crippen molar-refractivity contribution in [3.8, 4) is 0 Å². The second-order valence-electron chi connectivity index (χ2n) is 6.68. The summed E-state index contributed by atoms with van der Waals surface area (Å²) in [4.78, 5) is 2.77. The van der Waals surface area contributed by atoms with Crippen LogP contribution in [0.25, 0.3) is 0 Å². The summed E-state index contributed by atoms with van der Waals surface area (Å²) in [5.41, 5.74) is 1.48. The fourth-order valence-corrected chi connectivity index (χ4v) is 3.41. The Hall–Kier alpha value is -0.890. The van der Waals surface area contributed by atoms with Gasteiger partial charge in [-0.25, -0.2) is 4.57 Å². The average Bonchev–Trinajstić information content (AvgIpc) is 2.60. The van der Waals surface area contributed by atoms with E-state index in [1.165, 1.54) is 70.2 Å². The lowest BCUT2D eigenvalue weighted by Crippen LogP contribution is -2.38. The molecular formula is C21H39N2+. The molecule has 0 N–H and O–H groups in total. The standard InChI is InChI=1S/C21H39N2/c1-5-9-17-23(18-10-6-2)20(7-3)15-13-16-21-14-11-12-19-22(21)8-4/h11-12,14,19-20H,5-10,13,15-18H2,1-4H3/q+1. The fraction of sp³-hybridized carbons (Fsp3) is 0.762. The Morgan fingerprint density at radius 2 is 1.65 bits per heavy atom. The number of unbranched alkanes of at least 4 members (excludes halogenated alkanes) is 2. The van der Waals surface area contributed by atoms with Gasteiger partial charge in [-0.2, -0.15) is 0 Å². The van der Waals surface area contributed by atoms with E-state index in [2.05, 4.69) is 61.6 Å². The van der Waals surface area contributed by atoms with Gasteiger partial charge in [-0.1, -0.05) is 39.7 Å². The van der Waals surface area contributed by atoms with E-state index < -0.39 is 0 Å². The highest BCUT2D eigenvalue weighted by Gasteiger charge is 2.16. The number of hydrogen-bond acceptors (Lipinski definition) is 1. The second kappa shape index (κ2) is 12.5. The summed E-state index contributed by atoms with van der Waals surface area (Å²) in [5, 5.41) is 0. The van der Waals surface area contributed by atoms with Crippen molar-refractivity contribution in [3.63, 3.8) is 0 Å². The quantitative estimate of drug-likeness (QED) is 0.464. The molecular weight excluding hydrogens is 280 g/mol. The molecule has 0 saturated heterocycles. The first-order valence-electron chi connectivity index (χ1n) is 9.98. The van der Waals surface area contributed by atoms with Gasteiger partial charge in [0.1, 0.15) is 6.54 Å². The number of hydrogen-bond donors (Lipinski definition) is 0. The van der Waals surface area contributed by atoms with Gasteiger partial charge in [0.2, 0.25) is 0 Å². The van der Waals surface area contributed by atoms with Crippen LogP contribution in [-0.2, 0) is 13.0 Å². The fourth-order valence-electron chi connectivity index (χ4n) is 3.41. The van der Waals surface area contributed by atoms with Crippen LogP contribution in [-0.4, -0.2) is 24.0 Å². The van der Waals surface area contributed by atoms with Crippen LogP contribution in [0.1, 0.15) is 78.3 Å². The smallest absolute Gasteiger partial charge is 0.181 e. The zero-order valence-corrected chi connectivity index (χ0v) is 16.1. The molecule has 0 fully saturated rings. The molecule has 1 aromatic rings. The molecule has 1 rings (SSSR count). The summed E-state index contributed by atoms with van der Waals surface area (Å²) in [6.45, 7) is 12.9. The summed E-state index contributed by atoms with van der Waals surface area (Å²) < 4.78 is 2.38. The number of nitrogens with zero attached hydrogens (tertiary/aromatic N) is 2. The van der Waals surface area contributed by atoms with Crippen LogP contribution in [0.2, 0.25) is 0 Å². The van der Waals surface area contributed by atoms with Crippen molar-refractivity contribution in [2.75, 3.05) is 13.1 Å². The van der Waals surface area contributed by atoms with E-state index in [0.717, 1.165) is 12.6 Å². The molecule has 1 unspecified atom stereocenters. The topological polar surface area (TPSA) is 7.12 Å². The minimum atomic E-state index is 0.770. The zero-order valence-electron chi connectivity index (χ0n) is 16.1. The maximum Gasteiger partial charge on any atom is 0.181 e. The Kier molecular flexibility index (Phi) is 11.0. The molecule has 0 radical (unpaired) electrons. The normalized spacial score (nSPS) is 12.7. The molecule has 0 aliphatic rings. The molecule has 2 heteroatoms. The van der Waals surface area contributed by atoms with E-state index >= 15 is 0 Å². The van der Waals surface area contributed by atoms with Gasteiger partial charge in [-0.3, -0.25) is 0 Å². The highest BCUT2D eigenvalue weighted by atomic mass is 15.1. The number of rotatable bonds is 13. The van der Waals surface area contributed by atoms with E-state index in [0.29, 0.717) is 0 Å². The Morgan fingerprint density at radius 3 is 2.22 bits per heavy atom. The maximum atomic E-state index is 2.77. The lowest BCUT2D eigenvalue weighted by Gasteiger charge is -2.31. The lowest BCUT2D eigenvalue weighted by atomic mass is 10.0. The summed E-state index contributed by atoms with van der Waals surface area (Å²) in [5.74, 6) is 0. The second-order valence-corrected chi connectivity index (χ2v) is 6.68. The molecule has 0 spiro atoms. The molecule has 1 aromatic heterocycles. The van der Waals surface area contributed by atoms with E-state index in [1.807, 2.05) is 0 Å². The molecule has 0 saturated carbocycles. The van der Waals surface area contributed by atoms with Crippen LogP contribution in [0, 0.1) is 0 Å². The molecule has 0 aromatic carbocycles.